The highest BCUT2D eigenvalue weighted by atomic mass is 15.2. The summed E-state index contributed by atoms with van der Waals surface area (Å²) in [5, 5.41) is 8.62. The Hall–Kier alpha value is -1.63. The molecule has 4 heteroatoms. The number of rotatable bonds is 2. The molecule has 0 radical (unpaired) electrons. The Labute approximate surface area is 77.8 Å². The lowest BCUT2D eigenvalue weighted by atomic mass is 10.3. The van der Waals surface area contributed by atoms with Gasteiger partial charge in [-0.2, -0.15) is 5.26 Å². The van der Waals surface area contributed by atoms with Gasteiger partial charge in [-0.15, -0.1) is 0 Å². The van der Waals surface area contributed by atoms with Crippen molar-refractivity contribution in [2.24, 2.45) is 0 Å². The lowest BCUT2D eigenvalue weighted by molar-refractivity contribution is 0.741. The van der Waals surface area contributed by atoms with Gasteiger partial charge in [0.25, 0.3) is 0 Å². The van der Waals surface area contributed by atoms with Crippen molar-refractivity contribution in [3.63, 3.8) is 0 Å². The van der Waals surface area contributed by atoms with Crippen LogP contribution in [0.1, 0.15) is 19.5 Å². The molecule has 0 aliphatic rings. The Morgan fingerprint density at radius 1 is 1.46 bits per heavy atom. The molecule has 0 atom stereocenters. The Bertz CT molecular complexity index is 327. The van der Waals surface area contributed by atoms with E-state index in [9.17, 15) is 0 Å². The second-order valence-electron chi connectivity index (χ2n) is 3.08. The minimum Gasteiger partial charge on any atom is -0.357 e. The SMILES string of the molecule is CC(C)N(C)c1cc(C#N)ncn1. The molecule has 1 aromatic rings. The molecule has 0 spiro atoms. The normalized spacial score (nSPS) is 9.77. The number of hydrogen-bond acceptors (Lipinski definition) is 4. The highest BCUT2D eigenvalue weighted by Crippen LogP contribution is 2.10. The van der Waals surface area contributed by atoms with Crippen LogP contribution in [-0.4, -0.2) is 23.1 Å². The molecule has 1 rings (SSSR count). The van der Waals surface area contributed by atoms with E-state index in [0.29, 0.717) is 11.7 Å². The lowest BCUT2D eigenvalue weighted by Crippen LogP contribution is -2.26. The van der Waals surface area contributed by atoms with Crippen molar-refractivity contribution in [1.29, 1.82) is 5.26 Å². The molecule has 0 bridgehead atoms. The molecule has 1 aromatic heterocycles. The second kappa shape index (κ2) is 3.85. The number of hydrogen-bond donors (Lipinski definition) is 0. The Morgan fingerprint density at radius 3 is 2.69 bits per heavy atom. The first-order chi connectivity index (χ1) is 6.15. The van der Waals surface area contributed by atoms with E-state index in [1.807, 2.05) is 18.0 Å². The Kier molecular flexibility index (Phi) is 2.80. The van der Waals surface area contributed by atoms with Crippen LogP contribution in [0.4, 0.5) is 5.82 Å². The molecular formula is C9H12N4. The molecule has 0 unspecified atom stereocenters. The first kappa shape index (κ1) is 9.46. The van der Waals surface area contributed by atoms with Crippen molar-refractivity contribution >= 4 is 5.82 Å². The van der Waals surface area contributed by atoms with E-state index in [-0.39, 0.29) is 0 Å². The van der Waals surface area contributed by atoms with E-state index in [0.717, 1.165) is 5.82 Å². The van der Waals surface area contributed by atoms with Crippen molar-refractivity contribution in [2.45, 2.75) is 19.9 Å². The van der Waals surface area contributed by atoms with Crippen LogP contribution in [-0.2, 0) is 0 Å². The summed E-state index contributed by atoms with van der Waals surface area (Å²) in [6.45, 7) is 4.13. The maximum Gasteiger partial charge on any atom is 0.145 e. The van der Waals surface area contributed by atoms with Crippen LogP contribution in [0.5, 0.6) is 0 Å². The third-order valence-corrected chi connectivity index (χ3v) is 1.90. The van der Waals surface area contributed by atoms with E-state index in [1.165, 1.54) is 6.33 Å². The lowest BCUT2D eigenvalue weighted by Gasteiger charge is -2.21. The molecule has 0 N–H and O–H groups in total. The minimum atomic E-state index is 0.362. The van der Waals surface area contributed by atoms with Gasteiger partial charge < -0.3 is 4.90 Å². The smallest absolute Gasteiger partial charge is 0.145 e. The third-order valence-electron chi connectivity index (χ3n) is 1.90. The number of aromatic nitrogens is 2. The van der Waals surface area contributed by atoms with Crippen LogP contribution in [0.3, 0.4) is 0 Å². The summed E-state index contributed by atoms with van der Waals surface area (Å²) in [7, 11) is 1.94. The highest BCUT2D eigenvalue weighted by molar-refractivity contribution is 5.41. The fourth-order valence-corrected chi connectivity index (χ4v) is 0.866. The van der Waals surface area contributed by atoms with Gasteiger partial charge in [-0.25, -0.2) is 9.97 Å². The van der Waals surface area contributed by atoms with Gasteiger partial charge in [0, 0.05) is 19.2 Å². The molecule has 0 fully saturated rings. The minimum absolute atomic E-state index is 0.362. The molecule has 13 heavy (non-hydrogen) atoms. The fraction of sp³-hybridized carbons (Fsp3) is 0.444. The van der Waals surface area contributed by atoms with E-state index in [1.54, 1.807) is 6.07 Å². The van der Waals surface area contributed by atoms with Gasteiger partial charge in [0.05, 0.1) is 0 Å². The van der Waals surface area contributed by atoms with Gasteiger partial charge in [-0.3, -0.25) is 0 Å². The van der Waals surface area contributed by atoms with Gasteiger partial charge in [-0.1, -0.05) is 0 Å². The van der Waals surface area contributed by atoms with Crippen LogP contribution in [0.2, 0.25) is 0 Å². The average molecular weight is 176 g/mol. The van der Waals surface area contributed by atoms with Crippen molar-refractivity contribution in [3.05, 3.63) is 18.1 Å². The standard InChI is InChI=1S/C9H12N4/c1-7(2)13(3)9-4-8(5-10)11-6-12-9/h4,6-7H,1-3H3. The summed E-state index contributed by atoms with van der Waals surface area (Å²) in [6.07, 6.45) is 1.41. The summed E-state index contributed by atoms with van der Waals surface area (Å²) in [5.74, 6) is 0.779. The number of anilines is 1. The molecule has 0 saturated heterocycles. The third kappa shape index (κ3) is 2.15. The van der Waals surface area contributed by atoms with Crippen LogP contribution < -0.4 is 4.90 Å². The average Bonchev–Trinajstić information content (AvgIpc) is 2.16. The second-order valence-corrected chi connectivity index (χ2v) is 3.08. The van der Waals surface area contributed by atoms with Gasteiger partial charge in [0.2, 0.25) is 0 Å². The van der Waals surface area contributed by atoms with Crippen LogP contribution >= 0.6 is 0 Å². The van der Waals surface area contributed by atoms with Gasteiger partial charge in [0.15, 0.2) is 0 Å². The number of nitrogens with zero attached hydrogens (tertiary/aromatic N) is 4. The van der Waals surface area contributed by atoms with Crippen molar-refractivity contribution < 1.29 is 0 Å². The molecule has 0 amide bonds. The Balaban J connectivity index is 2.96. The zero-order valence-electron chi connectivity index (χ0n) is 8.02. The van der Waals surface area contributed by atoms with Crippen molar-refractivity contribution in [2.75, 3.05) is 11.9 Å². The monoisotopic (exact) mass is 176 g/mol. The number of nitriles is 1. The maximum absolute atomic E-state index is 8.62. The van der Waals surface area contributed by atoms with E-state index >= 15 is 0 Å². The molecule has 0 aliphatic heterocycles. The molecule has 1 heterocycles. The Morgan fingerprint density at radius 2 is 2.15 bits per heavy atom. The maximum atomic E-state index is 8.62. The van der Waals surface area contributed by atoms with Crippen LogP contribution in [0.15, 0.2) is 12.4 Å². The quantitative estimate of drug-likeness (QED) is 0.679. The van der Waals surface area contributed by atoms with Gasteiger partial charge >= 0.3 is 0 Å². The summed E-state index contributed by atoms with van der Waals surface area (Å²) in [5.41, 5.74) is 0.400. The molecular weight excluding hydrogens is 164 g/mol. The van der Waals surface area contributed by atoms with Crippen LogP contribution in [0, 0.1) is 11.3 Å². The fourth-order valence-electron chi connectivity index (χ4n) is 0.866. The summed E-state index contributed by atoms with van der Waals surface area (Å²) in [6, 6.07) is 4.03. The largest absolute Gasteiger partial charge is 0.357 e. The molecule has 0 saturated carbocycles. The van der Waals surface area contributed by atoms with Gasteiger partial charge in [-0.05, 0) is 13.8 Å². The van der Waals surface area contributed by atoms with Crippen LogP contribution in [0.25, 0.3) is 0 Å². The molecule has 0 aromatic carbocycles. The summed E-state index contributed by atoms with van der Waals surface area (Å²) < 4.78 is 0. The van der Waals surface area contributed by atoms with E-state index < -0.39 is 0 Å². The van der Waals surface area contributed by atoms with Crippen molar-refractivity contribution in [3.8, 4) is 6.07 Å². The summed E-state index contributed by atoms with van der Waals surface area (Å²) in [4.78, 5) is 9.86. The zero-order valence-corrected chi connectivity index (χ0v) is 8.02. The van der Waals surface area contributed by atoms with Gasteiger partial charge in [0.1, 0.15) is 23.9 Å². The predicted molar refractivity (Wildman–Crippen MR) is 50.3 cm³/mol. The molecule has 68 valence electrons. The molecule has 0 aliphatic carbocycles. The first-order valence-corrected chi connectivity index (χ1v) is 4.10. The predicted octanol–water partition coefficient (Wildman–Crippen LogP) is 1.19. The summed E-state index contributed by atoms with van der Waals surface area (Å²) >= 11 is 0. The van der Waals surface area contributed by atoms with Crippen molar-refractivity contribution in [1.82, 2.24) is 9.97 Å². The van der Waals surface area contributed by atoms with E-state index in [4.69, 9.17) is 5.26 Å². The van der Waals surface area contributed by atoms with E-state index in [2.05, 4.69) is 23.8 Å². The topological polar surface area (TPSA) is 52.8 Å². The molecule has 4 nitrogen and oxygen atoms in total. The highest BCUT2D eigenvalue weighted by Gasteiger charge is 2.06. The first-order valence-electron chi connectivity index (χ1n) is 4.10. The zero-order chi connectivity index (χ0) is 9.84.